The Balaban J connectivity index is 1.32. The Kier molecular flexibility index (Phi) is 7.29. The first-order valence-electron chi connectivity index (χ1n) is 11.0. The minimum atomic E-state index is 0.213. The molecule has 0 atom stereocenters. The molecule has 4 aromatic rings. The lowest BCUT2D eigenvalue weighted by molar-refractivity contribution is 0.474. The Morgan fingerprint density at radius 1 is 0.515 bits per heavy atom. The molecule has 4 aromatic carbocycles. The number of hydrogen-bond acceptors (Lipinski definition) is 4. The van der Waals surface area contributed by atoms with Crippen molar-refractivity contribution in [2.45, 2.75) is 6.42 Å². The molecule has 2 N–H and O–H groups in total. The van der Waals surface area contributed by atoms with E-state index in [1.54, 1.807) is 24.6 Å². The molecule has 0 spiro atoms. The zero-order valence-corrected chi connectivity index (χ0v) is 18.3. The molecule has 4 nitrogen and oxygen atoms in total. The molecular formula is C29H26N2O2. The van der Waals surface area contributed by atoms with Gasteiger partial charge < -0.3 is 10.2 Å². The van der Waals surface area contributed by atoms with E-state index in [2.05, 4.69) is 9.98 Å². The molecular weight excluding hydrogens is 408 g/mol. The summed E-state index contributed by atoms with van der Waals surface area (Å²) >= 11 is 0. The number of benzene rings is 4. The maximum atomic E-state index is 10.1. The fraction of sp³-hybridized carbons (Fsp3) is 0.103. The lowest BCUT2D eigenvalue weighted by Crippen LogP contribution is -1.91. The number of aliphatic imine (C=N–C) groups is 2. The molecule has 0 heterocycles. The molecule has 0 bridgehead atoms. The first-order chi connectivity index (χ1) is 16.2. The van der Waals surface area contributed by atoms with Gasteiger partial charge in [-0.2, -0.15) is 0 Å². The third-order valence-corrected chi connectivity index (χ3v) is 5.30. The molecule has 0 amide bonds. The van der Waals surface area contributed by atoms with Crippen LogP contribution in [-0.2, 0) is 0 Å². The summed E-state index contributed by atoms with van der Waals surface area (Å²) in [6.45, 7) is 1.20. The Bertz CT molecular complexity index is 1150. The van der Waals surface area contributed by atoms with Crippen LogP contribution in [0, 0.1) is 0 Å². The van der Waals surface area contributed by atoms with Crippen LogP contribution in [0.2, 0.25) is 0 Å². The minimum Gasteiger partial charge on any atom is -0.507 e. The third kappa shape index (κ3) is 5.95. The highest BCUT2D eigenvalue weighted by atomic mass is 16.3. The van der Waals surface area contributed by atoms with Crippen molar-refractivity contribution < 1.29 is 10.2 Å². The molecule has 0 fully saturated rings. The van der Waals surface area contributed by atoms with E-state index in [0.717, 1.165) is 28.7 Å². The quantitative estimate of drug-likeness (QED) is 0.250. The highest BCUT2D eigenvalue weighted by Gasteiger charge is 2.04. The molecule has 164 valence electrons. The van der Waals surface area contributed by atoms with Gasteiger partial charge in [-0.25, -0.2) is 0 Å². The second kappa shape index (κ2) is 10.9. The van der Waals surface area contributed by atoms with E-state index < -0.39 is 0 Å². The summed E-state index contributed by atoms with van der Waals surface area (Å²) in [6.07, 6.45) is 4.19. The normalized spacial score (nSPS) is 11.4. The molecule has 4 rings (SSSR count). The van der Waals surface area contributed by atoms with E-state index in [-0.39, 0.29) is 11.5 Å². The van der Waals surface area contributed by atoms with Crippen LogP contribution in [0.3, 0.4) is 0 Å². The molecule has 0 unspecified atom stereocenters. The van der Waals surface area contributed by atoms with Gasteiger partial charge in [-0.15, -0.1) is 0 Å². The summed E-state index contributed by atoms with van der Waals surface area (Å²) in [5.41, 5.74) is 5.67. The van der Waals surface area contributed by atoms with Crippen molar-refractivity contribution in [2.75, 3.05) is 13.1 Å². The van der Waals surface area contributed by atoms with E-state index in [0.29, 0.717) is 24.2 Å². The van der Waals surface area contributed by atoms with Crippen LogP contribution in [0.25, 0.3) is 22.3 Å². The first kappa shape index (κ1) is 22.0. The average molecular weight is 435 g/mol. The van der Waals surface area contributed by atoms with Gasteiger partial charge in [0.2, 0.25) is 0 Å². The zero-order valence-electron chi connectivity index (χ0n) is 18.3. The van der Waals surface area contributed by atoms with Gasteiger partial charge in [-0.1, -0.05) is 72.8 Å². The molecule has 0 aliphatic heterocycles. The van der Waals surface area contributed by atoms with E-state index >= 15 is 0 Å². The molecule has 0 saturated carbocycles. The Labute approximate surface area is 194 Å². The Morgan fingerprint density at radius 2 is 0.939 bits per heavy atom. The largest absolute Gasteiger partial charge is 0.507 e. The van der Waals surface area contributed by atoms with Gasteiger partial charge in [0, 0.05) is 36.6 Å². The van der Waals surface area contributed by atoms with Crippen LogP contribution in [0.4, 0.5) is 0 Å². The number of rotatable bonds is 8. The molecule has 0 aliphatic rings. The van der Waals surface area contributed by atoms with Crippen molar-refractivity contribution >= 4 is 12.4 Å². The van der Waals surface area contributed by atoms with Gasteiger partial charge in [0.15, 0.2) is 0 Å². The minimum absolute atomic E-state index is 0.213. The maximum absolute atomic E-state index is 10.1. The van der Waals surface area contributed by atoms with Gasteiger partial charge in [0.1, 0.15) is 11.5 Å². The zero-order chi connectivity index (χ0) is 22.9. The number of hydrogen-bond donors (Lipinski definition) is 2. The molecule has 0 aromatic heterocycles. The van der Waals surface area contributed by atoms with E-state index in [1.807, 2.05) is 84.9 Å². The first-order valence-corrected chi connectivity index (χ1v) is 11.0. The topological polar surface area (TPSA) is 65.2 Å². The van der Waals surface area contributed by atoms with E-state index in [4.69, 9.17) is 0 Å². The van der Waals surface area contributed by atoms with Crippen LogP contribution in [0.1, 0.15) is 17.5 Å². The second-order valence-electron chi connectivity index (χ2n) is 7.70. The molecule has 4 heteroatoms. The van der Waals surface area contributed by atoms with Crippen LogP contribution >= 0.6 is 0 Å². The predicted octanol–water partition coefficient (Wildman–Crippen LogP) is 6.36. The molecule has 0 aliphatic carbocycles. The number of phenols is 2. The van der Waals surface area contributed by atoms with Gasteiger partial charge in [-0.05, 0) is 52.9 Å². The van der Waals surface area contributed by atoms with Crippen molar-refractivity contribution in [1.82, 2.24) is 0 Å². The SMILES string of the molecule is Oc1ccc(-c2ccccc2)cc1C=NCCCN=Cc1cc(-c2ccccc2)ccc1O. The van der Waals surface area contributed by atoms with Crippen molar-refractivity contribution in [2.24, 2.45) is 9.98 Å². The lowest BCUT2D eigenvalue weighted by Gasteiger charge is -2.05. The summed E-state index contributed by atoms with van der Waals surface area (Å²) < 4.78 is 0. The Hall–Kier alpha value is -4.18. The summed E-state index contributed by atoms with van der Waals surface area (Å²) in [6, 6.07) is 31.2. The molecule has 0 radical (unpaired) electrons. The Morgan fingerprint density at radius 3 is 1.36 bits per heavy atom. The predicted molar refractivity (Wildman–Crippen MR) is 137 cm³/mol. The van der Waals surface area contributed by atoms with Crippen LogP contribution in [0.5, 0.6) is 11.5 Å². The van der Waals surface area contributed by atoms with Crippen LogP contribution in [-0.4, -0.2) is 35.7 Å². The van der Waals surface area contributed by atoms with Crippen molar-refractivity contribution in [1.29, 1.82) is 0 Å². The van der Waals surface area contributed by atoms with E-state index in [9.17, 15) is 10.2 Å². The standard InChI is InChI=1S/C29H26N2O2/c32-28-14-12-24(22-8-3-1-4-9-22)18-26(28)20-30-16-7-17-31-21-27-19-25(13-15-29(27)33)23-10-5-2-6-11-23/h1-6,8-15,18-21,32-33H,7,16-17H2. The molecule has 0 saturated heterocycles. The van der Waals surface area contributed by atoms with Crippen LogP contribution in [0.15, 0.2) is 107 Å². The van der Waals surface area contributed by atoms with Crippen molar-refractivity contribution in [3.8, 4) is 33.8 Å². The third-order valence-electron chi connectivity index (χ3n) is 5.30. The highest BCUT2D eigenvalue weighted by Crippen LogP contribution is 2.26. The van der Waals surface area contributed by atoms with Crippen LogP contribution < -0.4 is 0 Å². The number of nitrogens with zero attached hydrogens (tertiary/aromatic N) is 2. The summed E-state index contributed by atoms with van der Waals surface area (Å²) in [4.78, 5) is 8.89. The van der Waals surface area contributed by atoms with Gasteiger partial charge in [0.05, 0.1) is 0 Å². The molecule has 33 heavy (non-hydrogen) atoms. The summed E-state index contributed by atoms with van der Waals surface area (Å²) in [5.74, 6) is 0.426. The van der Waals surface area contributed by atoms with Crippen molar-refractivity contribution in [3.05, 3.63) is 108 Å². The lowest BCUT2D eigenvalue weighted by atomic mass is 10.0. The highest BCUT2D eigenvalue weighted by molar-refractivity contribution is 5.87. The average Bonchev–Trinajstić information content (AvgIpc) is 2.86. The van der Waals surface area contributed by atoms with E-state index in [1.165, 1.54) is 0 Å². The number of aromatic hydroxyl groups is 2. The monoisotopic (exact) mass is 434 g/mol. The summed E-state index contributed by atoms with van der Waals surface area (Å²) in [7, 11) is 0. The van der Waals surface area contributed by atoms with Gasteiger partial charge in [-0.3, -0.25) is 9.98 Å². The number of phenolic OH excluding ortho intramolecular Hbond substituents is 2. The smallest absolute Gasteiger partial charge is 0.124 e. The second-order valence-corrected chi connectivity index (χ2v) is 7.70. The van der Waals surface area contributed by atoms with Crippen molar-refractivity contribution in [3.63, 3.8) is 0 Å². The fourth-order valence-electron chi connectivity index (χ4n) is 3.52. The summed E-state index contributed by atoms with van der Waals surface area (Å²) in [5, 5.41) is 20.3. The van der Waals surface area contributed by atoms with Gasteiger partial charge >= 0.3 is 0 Å². The van der Waals surface area contributed by atoms with Gasteiger partial charge in [0.25, 0.3) is 0 Å². The maximum Gasteiger partial charge on any atom is 0.124 e. The fourth-order valence-corrected chi connectivity index (χ4v) is 3.52.